The van der Waals surface area contributed by atoms with Gasteiger partial charge in [-0.15, -0.1) is 0 Å². The van der Waals surface area contributed by atoms with E-state index in [9.17, 15) is 0 Å². The third-order valence-electron chi connectivity index (χ3n) is 2.46. The van der Waals surface area contributed by atoms with Gasteiger partial charge in [-0.3, -0.25) is 0 Å². The largest absolute Gasteiger partial charge is 0.179 e. The molecule has 72 valence electrons. The first-order chi connectivity index (χ1) is 6.92. The normalized spacial score (nSPS) is 13.8. The summed E-state index contributed by atoms with van der Waals surface area (Å²) in [5.41, 5.74) is 4.19. The van der Waals surface area contributed by atoms with Gasteiger partial charge in [0.15, 0.2) is 0 Å². The summed E-state index contributed by atoms with van der Waals surface area (Å²) >= 11 is 4.18. The van der Waals surface area contributed by atoms with Crippen molar-refractivity contribution in [1.29, 1.82) is 0 Å². The lowest BCUT2D eigenvalue weighted by Crippen LogP contribution is -1.86. The first-order valence-electron chi connectivity index (χ1n) is 4.97. The Kier molecular flexibility index (Phi) is 3.10. The van der Waals surface area contributed by atoms with E-state index in [-0.39, 0.29) is 0 Å². The third-order valence-corrected chi connectivity index (χ3v) is 2.72. The second-order valence-corrected chi connectivity index (χ2v) is 3.88. The molecule has 0 nitrogen and oxygen atoms in total. The molecule has 0 saturated carbocycles. The van der Waals surface area contributed by atoms with Gasteiger partial charge >= 0.3 is 0 Å². The van der Waals surface area contributed by atoms with Crippen molar-refractivity contribution < 1.29 is 0 Å². The van der Waals surface area contributed by atoms with Crippen LogP contribution in [0.5, 0.6) is 0 Å². The third kappa shape index (κ3) is 1.93. The maximum absolute atomic E-state index is 4.18. The van der Waals surface area contributed by atoms with E-state index in [0.717, 1.165) is 18.6 Å². The standard InChI is InChI=1S/C13H14S/c14-10-2-1-5-11-6-3-7-12-8-4-9-13(11)12/h1,3-8,14H,2,9-10H2. The highest BCUT2D eigenvalue weighted by Gasteiger charge is 2.06. The van der Waals surface area contributed by atoms with E-state index in [4.69, 9.17) is 0 Å². The number of fused-ring (bicyclic) bond motifs is 1. The molecule has 0 N–H and O–H groups in total. The van der Waals surface area contributed by atoms with Crippen LogP contribution in [0, 0.1) is 0 Å². The minimum Gasteiger partial charge on any atom is -0.179 e. The topological polar surface area (TPSA) is 0 Å². The minimum atomic E-state index is 0.920. The number of allylic oxidation sites excluding steroid dienone is 2. The highest BCUT2D eigenvalue weighted by molar-refractivity contribution is 7.80. The Hall–Kier alpha value is -0.950. The van der Waals surface area contributed by atoms with Gasteiger partial charge in [0.1, 0.15) is 0 Å². The molecule has 0 fully saturated rings. The summed E-state index contributed by atoms with van der Waals surface area (Å²) in [4.78, 5) is 0. The van der Waals surface area contributed by atoms with Gasteiger partial charge in [-0.1, -0.05) is 42.5 Å². The van der Waals surface area contributed by atoms with Crippen LogP contribution in [0.15, 0.2) is 30.4 Å². The maximum atomic E-state index is 4.18. The quantitative estimate of drug-likeness (QED) is 0.711. The molecule has 0 unspecified atom stereocenters. The van der Waals surface area contributed by atoms with Gasteiger partial charge in [0.05, 0.1) is 0 Å². The summed E-state index contributed by atoms with van der Waals surface area (Å²) in [6, 6.07) is 6.48. The zero-order valence-corrected chi connectivity index (χ0v) is 9.00. The molecule has 0 amide bonds. The molecule has 0 aromatic heterocycles. The minimum absolute atomic E-state index is 0.920. The summed E-state index contributed by atoms with van der Waals surface area (Å²) in [5, 5.41) is 0. The monoisotopic (exact) mass is 202 g/mol. The van der Waals surface area contributed by atoms with Crippen LogP contribution >= 0.6 is 12.6 Å². The Morgan fingerprint density at radius 2 is 2.29 bits per heavy atom. The first-order valence-corrected chi connectivity index (χ1v) is 5.61. The average Bonchev–Trinajstić information content (AvgIpc) is 2.67. The molecule has 0 spiro atoms. The molecule has 0 atom stereocenters. The van der Waals surface area contributed by atoms with E-state index in [0.29, 0.717) is 0 Å². The molecule has 0 saturated heterocycles. The van der Waals surface area contributed by atoms with Crippen LogP contribution in [0.3, 0.4) is 0 Å². The summed E-state index contributed by atoms with van der Waals surface area (Å²) in [5.74, 6) is 0.920. The van der Waals surface area contributed by atoms with Crippen LogP contribution in [0.2, 0.25) is 0 Å². The van der Waals surface area contributed by atoms with Crippen molar-refractivity contribution in [3.8, 4) is 0 Å². The molecule has 0 bridgehead atoms. The molecule has 0 aliphatic heterocycles. The smallest absolute Gasteiger partial charge is 0.00632 e. The van der Waals surface area contributed by atoms with Crippen molar-refractivity contribution in [3.05, 3.63) is 47.0 Å². The number of hydrogen-bond acceptors (Lipinski definition) is 1. The molecule has 14 heavy (non-hydrogen) atoms. The maximum Gasteiger partial charge on any atom is -0.00632 e. The van der Waals surface area contributed by atoms with Gasteiger partial charge in [-0.05, 0) is 35.3 Å². The van der Waals surface area contributed by atoms with Crippen molar-refractivity contribution in [2.75, 3.05) is 5.75 Å². The van der Waals surface area contributed by atoms with Crippen LogP contribution in [-0.4, -0.2) is 5.75 Å². The molecule has 1 heteroatoms. The molecular formula is C13H14S. The zero-order chi connectivity index (χ0) is 9.80. The van der Waals surface area contributed by atoms with E-state index in [1.165, 1.54) is 16.7 Å². The lowest BCUT2D eigenvalue weighted by atomic mass is 10.0. The van der Waals surface area contributed by atoms with E-state index < -0.39 is 0 Å². The van der Waals surface area contributed by atoms with Crippen molar-refractivity contribution in [2.24, 2.45) is 0 Å². The van der Waals surface area contributed by atoms with Crippen LogP contribution in [0.25, 0.3) is 12.2 Å². The van der Waals surface area contributed by atoms with Gasteiger partial charge in [0.25, 0.3) is 0 Å². The van der Waals surface area contributed by atoms with Gasteiger partial charge in [0.2, 0.25) is 0 Å². The SMILES string of the molecule is SCCC=Cc1cccc2c1CC=C2. The predicted octanol–water partition coefficient (Wildman–Crippen LogP) is 3.59. The van der Waals surface area contributed by atoms with Gasteiger partial charge in [-0.2, -0.15) is 12.6 Å². The van der Waals surface area contributed by atoms with Crippen LogP contribution in [0.4, 0.5) is 0 Å². The van der Waals surface area contributed by atoms with Crippen LogP contribution < -0.4 is 0 Å². The molecule has 1 aliphatic rings. The van der Waals surface area contributed by atoms with E-state index in [2.05, 4.69) is 55.1 Å². The summed E-state index contributed by atoms with van der Waals surface area (Å²) in [6.45, 7) is 0. The fourth-order valence-electron chi connectivity index (χ4n) is 1.76. The number of thiol groups is 1. The van der Waals surface area contributed by atoms with Crippen molar-refractivity contribution in [1.82, 2.24) is 0 Å². The fourth-order valence-corrected chi connectivity index (χ4v) is 1.91. The van der Waals surface area contributed by atoms with E-state index in [1.807, 2.05) is 0 Å². The van der Waals surface area contributed by atoms with Crippen LogP contribution in [-0.2, 0) is 6.42 Å². The molecule has 0 heterocycles. The average molecular weight is 202 g/mol. The number of rotatable bonds is 3. The Bertz CT molecular complexity index is 375. The van der Waals surface area contributed by atoms with Gasteiger partial charge in [0, 0.05) is 0 Å². The van der Waals surface area contributed by atoms with E-state index in [1.54, 1.807) is 0 Å². The highest BCUT2D eigenvalue weighted by atomic mass is 32.1. The Morgan fingerprint density at radius 1 is 1.36 bits per heavy atom. The Balaban J connectivity index is 2.23. The number of benzene rings is 1. The molecule has 2 rings (SSSR count). The van der Waals surface area contributed by atoms with Crippen LogP contribution in [0.1, 0.15) is 23.1 Å². The second kappa shape index (κ2) is 4.52. The molecule has 1 aliphatic carbocycles. The van der Waals surface area contributed by atoms with Gasteiger partial charge < -0.3 is 0 Å². The summed E-state index contributed by atoms with van der Waals surface area (Å²) in [7, 11) is 0. The van der Waals surface area contributed by atoms with Crippen molar-refractivity contribution >= 4 is 24.8 Å². The van der Waals surface area contributed by atoms with E-state index >= 15 is 0 Å². The molecule has 1 aromatic rings. The molecule has 0 radical (unpaired) electrons. The Labute approximate surface area is 90.8 Å². The second-order valence-electron chi connectivity index (χ2n) is 3.44. The zero-order valence-electron chi connectivity index (χ0n) is 8.11. The predicted molar refractivity (Wildman–Crippen MR) is 66.7 cm³/mol. The first kappa shape index (κ1) is 9.60. The lowest BCUT2D eigenvalue weighted by Gasteiger charge is -2.03. The summed E-state index contributed by atoms with van der Waals surface area (Å²) < 4.78 is 0. The number of hydrogen-bond donors (Lipinski definition) is 1. The van der Waals surface area contributed by atoms with Gasteiger partial charge in [-0.25, -0.2) is 0 Å². The lowest BCUT2D eigenvalue weighted by molar-refractivity contribution is 1.25. The highest BCUT2D eigenvalue weighted by Crippen LogP contribution is 2.23. The van der Waals surface area contributed by atoms with Crippen molar-refractivity contribution in [2.45, 2.75) is 12.8 Å². The summed E-state index contributed by atoms with van der Waals surface area (Å²) in [6.07, 6.45) is 11.0. The van der Waals surface area contributed by atoms with Crippen molar-refractivity contribution in [3.63, 3.8) is 0 Å². The molecule has 1 aromatic carbocycles. The Morgan fingerprint density at radius 3 is 3.14 bits per heavy atom. The molecular weight excluding hydrogens is 188 g/mol. The fraction of sp³-hybridized carbons (Fsp3) is 0.231.